The van der Waals surface area contributed by atoms with Crippen molar-refractivity contribution < 1.29 is 14.1 Å². The predicted molar refractivity (Wildman–Crippen MR) is 140 cm³/mol. The number of hydrogen-bond acceptors (Lipinski definition) is 6. The van der Waals surface area contributed by atoms with Gasteiger partial charge >= 0.3 is 0 Å². The van der Waals surface area contributed by atoms with E-state index >= 15 is 0 Å². The van der Waals surface area contributed by atoms with E-state index < -0.39 is 5.91 Å². The molecule has 0 radical (unpaired) electrons. The van der Waals surface area contributed by atoms with Crippen molar-refractivity contribution in [3.63, 3.8) is 0 Å². The van der Waals surface area contributed by atoms with Crippen molar-refractivity contribution in [3.8, 4) is 22.5 Å². The molecule has 0 spiro atoms. The summed E-state index contributed by atoms with van der Waals surface area (Å²) in [6.07, 6.45) is 0.0968. The Labute approximate surface area is 222 Å². The molecular formula is C25H22Cl3N5O3. The standard InChI is InChI=1S/C25H22Cl3N5O3/c1-12(2)33-24(29)22(25(30)35)23(31-33)14-4-3-13(19(27)8-14)7-16(34)10-17-11-21(32-36-17)18-6-5-15(26)9-20(18)28/h3-6,8-9,11-12H,7,10,29H2,1-2H3,(H2,30,35). The summed E-state index contributed by atoms with van der Waals surface area (Å²) in [6, 6.07) is 11.7. The highest BCUT2D eigenvalue weighted by atomic mass is 35.5. The zero-order chi connectivity index (χ0) is 26.1. The fourth-order valence-electron chi connectivity index (χ4n) is 3.81. The monoisotopic (exact) mass is 545 g/mol. The summed E-state index contributed by atoms with van der Waals surface area (Å²) >= 11 is 18.7. The van der Waals surface area contributed by atoms with E-state index in [1.54, 1.807) is 42.5 Å². The number of hydrogen-bond donors (Lipinski definition) is 2. The summed E-state index contributed by atoms with van der Waals surface area (Å²) < 4.78 is 6.86. The molecule has 0 aliphatic rings. The highest BCUT2D eigenvalue weighted by molar-refractivity contribution is 6.36. The Bertz CT molecular complexity index is 1480. The number of carbonyl (C=O) groups excluding carboxylic acids is 2. The zero-order valence-corrected chi connectivity index (χ0v) is 21.7. The second-order valence-electron chi connectivity index (χ2n) is 8.51. The normalized spacial score (nSPS) is 11.3. The molecule has 36 heavy (non-hydrogen) atoms. The molecule has 0 aliphatic heterocycles. The number of halogens is 3. The van der Waals surface area contributed by atoms with Gasteiger partial charge in [0, 0.05) is 39.7 Å². The first-order valence-corrected chi connectivity index (χ1v) is 12.1. The number of primary amides is 1. The minimum Gasteiger partial charge on any atom is -0.383 e. The Morgan fingerprint density at radius 1 is 1.03 bits per heavy atom. The molecule has 1 amide bonds. The number of rotatable bonds is 8. The van der Waals surface area contributed by atoms with Crippen LogP contribution in [0, 0.1) is 0 Å². The van der Waals surface area contributed by atoms with Crippen LogP contribution in [0.15, 0.2) is 47.0 Å². The SMILES string of the molecule is CC(C)n1nc(-c2ccc(CC(=O)Cc3cc(-c4ccc(Cl)cc4Cl)no3)c(Cl)c2)c(C(N)=O)c1N. The van der Waals surface area contributed by atoms with E-state index in [1.807, 2.05) is 13.8 Å². The first-order chi connectivity index (χ1) is 17.0. The Morgan fingerprint density at radius 3 is 2.42 bits per heavy atom. The average Bonchev–Trinajstić information content (AvgIpc) is 3.39. The van der Waals surface area contributed by atoms with Gasteiger partial charge in [-0.15, -0.1) is 0 Å². The van der Waals surface area contributed by atoms with Crippen LogP contribution in [0.4, 0.5) is 5.82 Å². The van der Waals surface area contributed by atoms with E-state index in [0.717, 1.165) is 0 Å². The molecule has 4 rings (SSSR count). The van der Waals surface area contributed by atoms with Crippen LogP contribution in [0.2, 0.25) is 15.1 Å². The predicted octanol–water partition coefficient (Wildman–Crippen LogP) is 5.78. The fourth-order valence-corrected chi connectivity index (χ4v) is 4.57. The van der Waals surface area contributed by atoms with Gasteiger partial charge in [0.1, 0.15) is 34.3 Å². The number of benzene rings is 2. The summed E-state index contributed by atoms with van der Waals surface area (Å²) in [5.74, 6) is -0.222. The summed E-state index contributed by atoms with van der Waals surface area (Å²) in [4.78, 5) is 24.8. The minimum absolute atomic E-state index is 0.0252. The molecule has 0 bridgehead atoms. The number of amides is 1. The Balaban J connectivity index is 1.51. The lowest BCUT2D eigenvalue weighted by molar-refractivity contribution is -0.118. The maximum absolute atomic E-state index is 12.7. The minimum atomic E-state index is -0.684. The molecule has 2 aromatic heterocycles. The first-order valence-electron chi connectivity index (χ1n) is 10.9. The first kappa shape index (κ1) is 25.8. The number of carbonyl (C=O) groups is 2. The van der Waals surface area contributed by atoms with Crippen LogP contribution < -0.4 is 11.5 Å². The molecule has 0 saturated carbocycles. The van der Waals surface area contributed by atoms with Crippen LogP contribution in [0.3, 0.4) is 0 Å². The molecule has 186 valence electrons. The van der Waals surface area contributed by atoms with Crippen molar-refractivity contribution in [1.82, 2.24) is 14.9 Å². The molecule has 2 heterocycles. The lowest BCUT2D eigenvalue weighted by Crippen LogP contribution is -2.15. The van der Waals surface area contributed by atoms with Gasteiger partial charge in [0.05, 0.1) is 11.4 Å². The Kier molecular flexibility index (Phi) is 7.40. The summed E-state index contributed by atoms with van der Waals surface area (Å²) in [6.45, 7) is 3.78. The molecule has 4 aromatic rings. The number of Topliss-reactive ketones (excluding diaryl/α,β-unsaturated/α-hetero) is 1. The molecule has 0 aliphatic carbocycles. The van der Waals surface area contributed by atoms with E-state index in [4.69, 9.17) is 50.8 Å². The third kappa shape index (κ3) is 5.26. The quantitative estimate of drug-likeness (QED) is 0.288. The van der Waals surface area contributed by atoms with E-state index in [-0.39, 0.29) is 36.0 Å². The second-order valence-corrected chi connectivity index (χ2v) is 9.76. The summed E-state index contributed by atoms with van der Waals surface area (Å²) in [5, 5.41) is 9.75. The van der Waals surface area contributed by atoms with Crippen LogP contribution in [-0.4, -0.2) is 26.6 Å². The van der Waals surface area contributed by atoms with Crippen LogP contribution >= 0.6 is 34.8 Å². The van der Waals surface area contributed by atoms with Crippen LogP contribution in [-0.2, 0) is 17.6 Å². The topological polar surface area (TPSA) is 130 Å². The highest BCUT2D eigenvalue weighted by Crippen LogP contribution is 2.33. The maximum Gasteiger partial charge on any atom is 0.254 e. The van der Waals surface area contributed by atoms with Gasteiger partial charge in [-0.3, -0.25) is 9.59 Å². The van der Waals surface area contributed by atoms with Crippen molar-refractivity contribution in [1.29, 1.82) is 0 Å². The third-order valence-electron chi connectivity index (χ3n) is 5.53. The smallest absolute Gasteiger partial charge is 0.254 e. The van der Waals surface area contributed by atoms with Gasteiger partial charge in [0.15, 0.2) is 0 Å². The van der Waals surface area contributed by atoms with Crippen LogP contribution in [0.25, 0.3) is 22.5 Å². The van der Waals surface area contributed by atoms with Crippen molar-refractivity contribution >= 4 is 52.3 Å². The van der Waals surface area contributed by atoms with Crippen LogP contribution in [0.1, 0.15) is 41.6 Å². The van der Waals surface area contributed by atoms with Crippen molar-refractivity contribution in [2.75, 3.05) is 5.73 Å². The van der Waals surface area contributed by atoms with E-state index in [9.17, 15) is 9.59 Å². The van der Waals surface area contributed by atoms with Gasteiger partial charge in [-0.1, -0.05) is 52.1 Å². The molecular weight excluding hydrogens is 525 g/mol. The fraction of sp³-hybridized carbons (Fsp3) is 0.200. The van der Waals surface area contributed by atoms with Crippen molar-refractivity contribution in [2.45, 2.75) is 32.7 Å². The molecule has 11 heteroatoms. The molecule has 0 fully saturated rings. The van der Waals surface area contributed by atoms with Crippen molar-refractivity contribution in [2.24, 2.45) is 5.73 Å². The van der Waals surface area contributed by atoms with Gasteiger partial charge in [-0.2, -0.15) is 5.10 Å². The van der Waals surface area contributed by atoms with Crippen molar-refractivity contribution in [3.05, 3.63) is 74.4 Å². The van der Waals surface area contributed by atoms with E-state index in [2.05, 4.69) is 10.3 Å². The van der Waals surface area contributed by atoms with Gasteiger partial charge in [-0.05, 0) is 43.7 Å². The molecule has 2 aromatic carbocycles. The van der Waals surface area contributed by atoms with Crippen LogP contribution in [0.5, 0.6) is 0 Å². The second kappa shape index (κ2) is 10.3. The number of nitrogen functional groups attached to an aromatic ring is 1. The Hall–Kier alpha value is -3.33. The molecule has 4 N–H and O–H groups in total. The Morgan fingerprint density at radius 2 is 1.78 bits per heavy atom. The number of nitrogens with zero attached hydrogens (tertiary/aromatic N) is 3. The lowest BCUT2D eigenvalue weighted by atomic mass is 10.0. The molecule has 8 nitrogen and oxygen atoms in total. The summed E-state index contributed by atoms with van der Waals surface area (Å²) in [5.41, 5.74) is 14.5. The lowest BCUT2D eigenvalue weighted by Gasteiger charge is -2.07. The number of aromatic nitrogens is 3. The number of anilines is 1. The zero-order valence-electron chi connectivity index (χ0n) is 19.4. The maximum atomic E-state index is 12.7. The molecule has 0 atom stereocenters. The molecule has 0 saturated heterocycles. The third-order valence-corrected chi connectivity index (χ3v) is 6.43. The van der Waals surface area contributed by atoms with Gasteiger partial charge in [0.25, 0.3) is 5.91 Å². The highest BCUT2D eigenvalue weighted by Gasteiger charge is 2.23. The van der Waals surface area contributed by atoms with Gasteiger partial charge in [0.2, 0.25) is 0 Å². The number of nitrogens with two attached hydrogens (primary N) is 2. The largest absolute Gasteiger partial charge is 0.383 e. The summed E-state index contributed by atoms with van der Waals surface area (Å²) in [7, 11) is 0. The van der Waals surface area contributed by atoms with Gasteiger partial charge in [-0.25, -0.2) is 4.68 Å². The number of ketones is 1. The molecule has 0 unspecified atom stereocenters. The average molecular weight is 547 g/mol. The van der Waals surface area contributed by atoms with Gasteiger partial charge < -0.3 is 16.0 Å². The van der Waals surface area contributed by atoms with E-state index in [1.165, 1.54) is 4.68 Å². The van der Waals surface area contributed by atoms with E-state index in [0.29, 0.717) is 48.9 Å².